The minimum atomic E-state index is -0.464. The molecule has 0 aliphatic carbocycles. The van der Waals surface area contributed by atoms with E-state index in [-0.39, 0.29) is 18.0 Å². The van der Waals surface area contributed by atoms with Gasteiger partial charge < -0.3 is 5.32 Å². The average Bonchev–Trinajstić information content (AvgIpc) is 2.37. The molecule has 108 valence electrons. The maximum absolute atomic E-state index is 12.0. The van der Waals surface area contributed by atoms with Crippen molar-refractivity contribution in [2.75, 3.05) is 5.32 Å². The predicted molar refractivity (Wildman–Crippen MR) is 84.3 cm³/mol. The van der Waals surface area contributed by atoms with Gasteiger partial charge in [0, 0.05) is 22.3 Å². The zero-order chi connectivity index (χ0) is 15.4. The van der Waals surface area contributed by atoms with Crippen molar-refractivity contribution in [2.45, 2.75) is 13.3 Å². The molecule has 2 aromatic carbocycles. The summed E-state index contributed by atoms with van der Waals surface area (Å²) < 4.78 is 0.896. The first kappa shape index (κ1) is 15.2. The minimum Gasteiger partial charge on any atom is -0.326 e. The summed E-state index contributed by atoms with van der Waals surface area (Å²) in [6.45, 7) is 1.94. The Hall–Kier alpha value is -2.21. The summed E-state index contributed by atoms with van der Waals surface area (Å²) in [6.07, 6.45) is 0.170. The summed E-state index contributed by atoms with van der Waals surface area (Å²) in [6, 6.07) is 11.6. The second kappa shape index (κ2) is 6.49. The highest BCUT2D eigenvalue weighted by atomic mass is 79.9. The number of halogens is 1. The molecule has 0 atom stereocenters. The molecule has 0 fully saturated rings. The van der Waals surface area contributed by atoms with E-state index in [9.17, 15) is 14.9 Å². The van der Waals surface area contributed by atoms with Gasteiger partial charge in [0.2, 0.25) is 5.91 Å². The van der Waals surface area contributed by atoms with E-state index in [0.29, 0.717) is 5.69 Å². The smallest absolute Gasteiger partial charge is 0.269 e. The van der Waals surface area contributed by atoms with Crippen molar-refractivity contribution in [1.29, 1.82) is 0 Å². The van der Waals surface area contributed by atoms with Gasteiger partial charge in [-0.25, -0.2) is 0 Å². The number of nitro groups is 1. The molecule has 0 aromatic heterocycles. The number of rotatable bonds is 4. The summed E-state index contributed by atoms with van der Waals surface area (Å²) in [4.78, 5) is 22.1. The van der Waals surface area contributed by atoms with Gasteiger partial charge in [0.1, 0.15) is 0 Å². The lowest BCUT2D eigenvalue weighted by Gasteiger charge is -2.07. The molecule has 21 heavy (non-hydrogen) atoms. The third-order valence-electron chi connectivity index (χ3n) is 2.84. The molecule has 1 N–H and O–H groups in total. The Balaban J connectivity index is 2.02. The summed E-state index contributed by atoms with van der Waals surface area (Å²) in [5.74, 6) is -0.165. The monoisotopic (exact) mass is 348 g/mol. The molecule has 5 nitrogen and oxygen atoms in total. The fourth-order valence-electron chi connectivity index (χ4n) is 1.93. The van der Waals surface area contributed by atoms with E-state index in [0.717, 1.165) is 15.6 Å². The molecule has 2 aromatic rings. The van der Waals surface area contributed by atoms with Crippen LogP contribution in [0.5, 0.6) is 0 Å². The van der Waals surface area contributed by atoms with E-state index in [4.69, 9.17) is 0 Å². The summed E-state index contributed by atoms with van der Waals surface area (Å²) in [7, 11) is 0. The first-order chi connectivity index (χ1) is 9.94. The number of non-ortho nitro benzene ring substituents is 1. The SMILES string of the molecule is Cc1cc(Br)cc(NC(=O)Cc2ccc([N+](=O)[O-])cc2)c1. The van der Waals surface area contributed by atoms with Gasteiger partial charge in [-0.3, -0.25) is 14.9 Å². The Morgan fingerprint density at radius 2 is 1.90 bits per heavy atom. The number of nitro benzene ring substituents is 1. The van der Waals surface area contributed by atoms with Crippen molar-refractivity contribution in [1.82, 2.24) is 0 Å². The zero-order valence-corrected chi connectivity index (χ0v) is 12.9. The van der Waals surface area contributed by atoms with Crippen LogP contribution in [0.25, 0.3) is 0 Å². The molecule has 0 bridgehead atoms. The molecule has 0 radical (unpaired) electrons. The Morgan fingerprint density at radius 1 is 1.24 bits per heavy atom. The third-order valence-corrected chi connectivity index (χ3v) is 3.30. The molecule has 0 spiro atoms. The molecule has 0 saturated heterocycles. The molecule has 0 aliphatic heterocycles. The van der Waals surface area contributed by atoms with Crippen molar-refractivity contribution >= 4 is 33.2 Å². The highest BCUT2D eigenvalue weighted by Gasteiger charge is 2.08. The first-order valence-electron chi connectivity index (χ1n) is 6.24. The lowest BCUT2D eigenvalue weighted by Crippen LogP contribution is -2.14. The van der Waals surface area contributed by atoms with E-state index in [1.165, 1.54) is 12.1 Å². The van der Waals surface area contributed by atoms with Gasteiger partial charge in [0.05, 0.1) is 11.3 Å². The van der Waals surface area contributed by atoms with E-state index in [2.05, 4.69) is 21.2 Å². The van der Waals surface area contributed by atoms with E-state index >= 15 is 0 Å². The number of nitrogens with one attached hydrogen (secondary N) is 1. The van der Waals surface area contributed by atoms with E-state index in [1.54, 1.807) is 12.1 Å². The number of benzene rings is 2. The van der Waals surface area contributed by atoms with Crippen LogP contribution in [0.2, 0.25) is 0 Å². The van der Waals surface area contributed by atoms with Crippen molar-refractivity contribution in [2.24, 2.45) is 0 Å². The predicted octanol–water partition coefficient (Wildman–Crippen LogP) is 3.85. The topological polar surface area (TPSA) is 72.2 Å². The summed E-state index contributed by atoms with van der Waals surface area (Å²) in [5, 5.41) is 13.4. The van der Waals surface area contributed by atoms with Crippen LogP contribution in [-0.2, 0) is 11.2 Å². The van der Waals surface area contributed by atoms with E-state index < -0.39 is 4.92 Å². The van der Waals surface area contributed by atoms with Gasteiger partial charge in [-0.05, 0) is 36.2 Å². The van der Waals surface area contributed by atoms with Crippen molar-refractivity contribution in [3.8, 4) is 0 Å². The van der Waals surface area contributed by atoms with Crippen LogP contribution < -0.4 is 5.32 Å². The summed E-state index contributed by atoms with van der Waals surface area (Å²) in [5.41, 5.74) is 2.50. The van der Waals surface area contributed by atoms with Crippen LogP contribution in [0.15, 0.2) is 46.9 Å². The van der Waals surface area contributed by atoms with Crippen LogP contribution in [0.4, 0.5) is 11.4 Å². The summed E-state index contributed by atoms with van der Waals surface area (Å²) >= 11 is 3.38. The van der Waals surface area contributed by atoms with Crippen LogP contribution in [0, 0.1) is 17.0 Å². The average molecular weight is 349 g/mol. The Bertz CT molecular complexity index is 664. The molecular formula is C15H13BrN2O3. The number of amides is 1. The molecule has 1 amide bonds. The molecule has 0 aliphatic rings. The fraction of sp³-hybridized carbons (Fsp3) is 0.133. The lowest BCUT2D eigenvalue weighted by molar-refractivity contribution is -0.384. The normalized spacial score (nSPS) is 10.2. The Kier molecular flexibility index (Phi) is 4.70. The molecule has 0 heterocycles. The van der Waals surface area contributed by atoms with Crippen molar-refractivity contribution in [3.63, 3.8) is 0 Å². The number of hydrogen-bond acceptors (Lipinski definition) is 3. The Labute approximate surface area is 130 Å². The van der Waals surface area contributed by atoms with Gasteiger partial charge >= 0.3 is 0 Å². The molecular weight excluding hydrogens is 336 g/mol. The van der Waals surface area contributed by atoms with Crippen LogP contribution in [0.3, 0.4) is 0 Å². The maximum atomic E-state index is 12.0. The second-order valence-corrected chi connectivity index (χ2v) is 5.58. The molecule has 0 saturated carbocycles. The highest BCUT2D eigenvalue weighted by molar-refractivity contribution is 9.10. The van der Waals surface area contributed by atoms with Crippen LogP contribution in [0.1, 0.15) is 11.1 Å². The van der Waals surface area contributed by atoms with Crippen molar-refractivity contribution < 1.29 is 9.72 Å². The Morgan fingerprint density at radius 3 is 2.48 bits per heavy atom. The van der Waals surface area contributed by atoms with Gasteiger partial charge in [-0.15, -0.1) is 0 Å². The highest BCUT2D eigenvalue weighted by Crippen LogP contribution is 2.19. The fourth-order valence-corrected chi connectivity index (χ4v) is 2.54. The molecule has 6 heteroatoms. The van der Waals surface area contributed by atoms with Gasteiger partial charge in [0.25, 0.3) is 5.69 Å². The largest absolute Gasteiger partial charge is 0.326 e. The standard InChI is InChI=1S/C15H13BrN2O3/c1-10-6-12(16)9-13(7-10)17-15(19)8-11-2-4-14(5-3-11)18(20)21/h2-7,9H,8H2,1H3,(H,17,19). The zero-order valence-electron chi connectivity index (χ0n) is 11.3. The molecule has 2 rings (SSSR count). The third kappa shape index (κ3) is 4.39. The number of carbonyl (C=O) groups excluding carboxylic acids is 1. The molecule has 0 unspecified atom stereocenters. The minimum absolute atomic E-state index is 0.0155. The van der Waals surface area contributed by atoms with Crippen LogP contribution >= 0.6 is 15.9 Å². The first-order valence-corrected chi connectivity index (χ1v) is 7.04. The van der Waals surface area contributed by atoms with Gasteiger partial charge in [0.15, 0.2) is 0 Å². The van der Waals surface area contributed by atoms with E-state index in [1.807, 2.05) is 25.1 Å². The van der Waals surface area contributed by atoms with Crippen LogP contribution in [-0.4, -0.2) is 10.8 Å². The maximum Gasteiger partial charge on any atom is 0.269 e. The van der Waals surface area contributed by atoms with Gasteiger partial charge in [-0.2, -0.15) is 0 Å². The number of hydrogen-bond donors (Lipinski definition) is 1. The lowest BCUT2D eigenvalue weighted by atomic mass is 10.1. The number of aryl methyl sites for hydroxylation is 1. The van der Waals surface area contributed by atoms with Crippen molar-refractivity contribution in [3.05, 3.63) is 68.2 Å². The number of nitrogens with zero attached hydrogens (tertiary/aromatic N) is 1. The second-order valence-electron chi connectivity index (χ2n) is 4.67. The number of anilines is 1. The number of carbonyl (C=O) groups is 1. The quantitative estimate of drug-likeness (QED) is 0.673. The van der Waals surface area contributed by atoms with Gasteiger partial charge in [-0.1, -0.05) is 28.1 Å².